The van der Waals surface area contributed by atoms with Crippen molar-refractivity contribution in [2.24, 2.45) is 0 Å². The van der Waals surface area contributed by atoms with E-state index in [9.17, 15) is 0 Å². The molecular weight excluding hydrogens is 381 g/mol. The van der Waals surface area contributed by atoms with Crippen LogP contribution in [0.15, 0.2) is 35.4 Å². The minimum atomic E-state index is 0.792. The molecule has 2 rings (SSSR count). The van der Waals surface area contributed by atoms with Crippen molar-refractivity contribution in [1.82, 2.24) is 9.97 Å². The fraction of sp³-hybridized carbons (Fsp3) is 0.333. The van der Waals surface area contributed by atoms with E-state index in [1.54, 1.807) is 11.8 Å². The molecule has 0 aliphatic heterocycles. The third-order valence-corrected chi connectivity index (χ3v) is 4.52. The van der Waals surface area contributed by atoms with E-state index < -0.39 is 0 Å². The number of benzene rings is 1. The Hall–Kier alpha value is -0.820. The Labute approximate surface area is 138 Å². The Bertz CT molecular complexity index is 558. The topological polar surface area (TPSA) is 37.8 Å². The van der Waals surface area contributed by atoms with Crippen LogP contribution in [0.4, 0.5) is 5.82 Å². The summed E-state index contributed by atoms with van der Waals surface area (Å²) in [5.74, 6) is 2.61. The fourth-order valence-electron chi connectivity index (χ4n) is 1.62. The number of aryl methyl sites for hydroxylation is 1. The standard InChI is InChI=1S/C15H18IN3S/c1-3-8-17-15-13(16)9-18-14(19-15)10-20-12-6-4-11(2)5-7-12/h4-7,9H,3,8,10H2,1-2H3,(H,17,18,19). The molecule has 106 valence electrons. The summed E-state index contributed by atoms with van der Waals surface area (Å²) in [6.45, 7) is 5.19. The summed E-state index contributed by atoms with van der Waals surface area (Å²) in [4.78, 5) is 10.2. The van der Waals surface area contributed by atoms with E-state index in [0.29, 0.717) is 0 Å². The van der Waals surface area contributed by atoms with Gasteiger partial charge in [-0.25, -0.2) is 9.97 Å². The van der Waals surface area contributed by atoms with Crippen molar-refractivity contribution in [1.29, 1.82) is 0 Å². The van der Waals surface area contributed by atoms with Gasteiger partial charge in [0.25, 0.3) is 0 Å². The summed E-state index contributed by atoms with van der Waals surface area (Å²) in [6, 6.07) is 8.54. The van der Waals surface area contributed by atoms with Crippen molar-refractivity contribution < 1.29 is 0 Å². The van der Waals surface area contributed by atoms with Crippen LogP contribution in [0.1, 0.15) is 24.7 Å². The van der Waals surface area contributed by atoms with Crippen LogP contribution in [-0.2, 0) is 5.75 Å². The van der Waals surface area contributed by atoms with Crippen molar-refractivity contribution in [2.45, 2.75) is 30.9 Å². The summed E-state index contributed by atoms with van der Waals surface area (Å²) in [5.41, 5.74) is 1.28. The van der Waals surface area contributed by atoms with Crippen LogP contribution in [0.25, 0.3) is 0 Å². The number of nitrogens with zero attached hydrogens (tertiary/aromatic N) is 2. The molecule has 0 saturated carbocycles. The Morgan fingerprint density at radius 1 is 1.25 bits per heavy atom. The lowest BCUT2D eigenvalue weighted by atomic mass is 10.2. The average Bonchev–Trinajstić information content (AvgIpc) is 2.46. The van der Waals surface area contributed by atoms with Crippen molar-refractivity contribution in [3.8, 4) is 0 Å². The Balaban J connectivity index is 2.00. The van der Waals surface area contributed by atoms with E-state index in [-0.39, 0.29) is 0 Å². The molecule has 0 aliphatic carbocycles. The third-order valence-electron chi connectivity index (χ3n) is 2.73. The van der Waals surface area contributed by atoms with Gasteiger partial charge in [0, 0.05) is 17.6 Å². The van der Waals surface area contributed by atoms with Gasteiger partial charge < -0.3 is 5.32 Å². The quantitative estimate of drug-likeness (QED) is 0.573. The van der Waals surface area contributed by atoms with Gasteiger partial charge in [0.2, 0.25) is 0 Å². The highest BCUT2D eigenvalue weighted by Gasteiger charge is 2.05. The van der Waals surface area contributed by atoms with Gasteiger partial charge in [0.1, 0.15) is 11.6 Å². The smallest absolute Gasteiger partial charge is 0.143 e. The second kappa shape index (κ2) is 7.83. The zero-order valence-corrected chi connectivity index (χ0v) is 14.7. The SMILES string of the molecule is CCCNc1nc(CSc2ccc(C)cc2)ncc1I. The molecule has 1 heterocycles. The normalized spacial score (nSPS) is 10.6. The van der Waals surface area contributed by atoms with E-state index in [4.69, 9.17) is 0 Å². The van der Waals surface area contributed by atoms with E-state index >= 15 is 0 Å². The summed E-state index contributed by atoms with van der Waals surface area (Å²) in [7, 11) is 0. The molecule has 3 nitrogen and oxygen atoms in total. The van der Waals surface area contributed by atoms with Crippen LogP contribution >= 0.6 is 34.4 Å². The predicted molar refractivity (Wildman–Crippen MR) is 94.3 cm³/mol. The highest BCUT2D eigenvalue weighted by molar-refractivity contribution is 14.1. The molecule has 0 amide bonds. The minimum Gasteiger partial charge on any atom is -0.369 e. The molecule has 5 heteroatoms. The van der Waals surface area contributed by atoms with Crippen LogP contribution in [0.2, 0.25) is 0 Å². The highest BCUT2D eigenvalue weighted by atomic mass is 127. The maximum absolute atomic E-state index is 4.59. The molecule has 0 atom stereocenters. The van der Waals surface area contributed by atoms with Gasteiger partial charge in [0.15, 0.2) is 0 Å². The maximum atomic E-state index is 4.59. The highest BCUT2D eigenvalue weighted by Crippen LogP contribution is 2.23. The molecule has 2 aromatic rings. The van der Waals surface area contributed by atoms with E-state index in [1.165, 1.54) is 10.5 Å². The molecule has 0 unspecified atom stereocenters. The fourth-order valence-corrected chi connectivity index (χ4v) is 2.84. The number of halogens is 1. The number of thioether (sulfide) groups is 1. The zero-order valence-electron chi connectivity index (χ0n) is 11.7. The number of hydrogen-bond donors (Lipinski definition) is 1. The van der Waals surface area contributed by atoms with Crippen LogP contribution in [-0.4, -0.2) is 16.5 Å². The lowest BCUT2D eigenvalue weighted by Gasteiger charge is -2.08. The number of rotatable bonds is 6. The molecule has 1 aromatic carbocycles. The molecule has 0 bridgehead atoms. The largest absolute Gasteiger partial charge is 0.369 e. The molecule has 0 saturated heterocycles. The summed E-state index contributed by atoms with van der Waals surface area (Å²) < 4.78 is 1.07. The first-order valence-corrected chi connectivity index (χ1v) is 8.70. The molecule has 20 heavy (non-hydrogen) atoms. The zero-order chi connectivity index (χ0) is 14.4. The van der Waals surface area contributed by atoms with Crippen molar-refractivity contribution in [3.05, 3.63) is 45.4 Å². The van der Waals surface area contributed by atoms with E-state index in [2.05, 4.69) is 76.0 Å². The first-order valence-electron chi connectivity index (χ1n) is 6.64. The molecule has 0 fully saturated rings. The van der Waals surface area contributed by atoms with Crippen molar-refractivity contribution in [3.63, 3.8) is 0 Å². The van der Waals surface area contributed by atoms with Crippen LogP contribution in [0, 0.1) is 10.5 Å². The second-order valence-corrected chi connectivity index (χ2v) is 6.72. The molecule has 0 spiro atoms. The van der Waals surface area contributed by atoms with E-state index in [0.717, 1.165) is 33.9 Å². The minimum absolute atomic E-state index is 0.792. The monoisotopic (exact) mass is 399 g/mol. The number of hydrogen-bond acceptors (Lipinski definition) is 4. The lowest BCUT2D eigenvalue weighted by Crippen LogP contribution is -2.06. The number of anilines is 1. The van der Waals surface area contributed by atoms with Crippen LogP contribution in [0.5, 0.6) is 0 Å². The van der Waals surface area contributed by atoms with Crippen LogP contribution < -0.4 is 5.32 Å². The molecule has 1 N–H and O–H groups in total. The van der Waals surface area contributed by atoms with E-state index in [1.807, 2.05) is 6.20 Å². The van der Waals surface area contributed by atoms with Gasteiger partial charge in [-0.1, -0.05) is 24.6 Å². The van der Waals surface area contributed by atoms with Gasteiger partial charge in [0.05, 0.1) is 9.32 Å². The molecule has 1 aromatic heterocycles. The van der Waals surface area contributed by atoms with Gasteiger partial charge in [-0.3, -0.25) is 0 Å². The van der Waals surface area contributed by atoms with Crippen molar-refractivity contribution >= 4 is 40.2 Å². The molecular formula is C15H18IN3S. The lowest BCUT2D eigenvalue weighted by molar-refractivity contribution is 0.946. The number of nitrogens with one attached hydrogen (secondary N) is 1. The van der Waals surface area contributed by atoms with Gasteiger partial charge >= 0.3 is 0 Å². The summed E-state index contributed by atoms with van der Waals surface area (Å²) >= 11 is 4.03. The first kappa shape index (κ1) is 15.6. The molecule has 0 radical (unpaired) electrons. The average molecular weight is 399 g/mol. The second-order valence-electron chi connectivity index (χ2n) is 4.51. The summed E-state index contributed by atoms with van der Waals surface area (Å²) in [6.07, 6.45) is 2.98. The molecule has 0 aliphatic rings. The van der Waals surface area contributed by atoms with Crippen molar-refractivity contribution in [2.75, 3.05) is 11.9 Å². The van der Waals surface area contributed by atoms with Crippen LogP contribution in [0.3, 0.4) is 0 Å². The maximum Gasteiger partial charge on any atom is 0.143 e. The Kier molecular flexibility index (Phi) is 6.09. The van der Waals surface area contributed by atoms with Gasteiger partial charge in [-0.05, 0) is 48.1 Å². The third kappa shape index (κ3) is 4.63. The van der Waals surface area contributed by atoms with Gasteiger partial charge in [-0.2, -0.15) is 0 Å². The number of aromatic nitrogens is 2. The Morgan fingerprint density at radius 3 is 2.70 bits per heavy atom. The Morgan fingerprint density at radius 2 is 2.00 bits per heavy atom. The van der Waals surface area contributed by atoms with Gasteiger partial charge in [-0.15, -0.1) is 11.8 Å². The summed E-state index contributed by atoms with van der Waals surface area (Å²) in [5, 5.41) is 3.34. The first-order chi connectivity index (χ1) is 9.69. The predicted octanol–water partition coefficient (Wildman–Crippen LogP) is 4.50.